The quantitative estimate of drug-likeness (QED) is 0.459. The van der Waals surface area contributed by atoms with Crippen molar-refractivity contribution in [1.82, 2.24) is 4.57 Å². The fourth-order valence-electron chi connectivity index (χ4n) is 5.02. The number of carboxylic acids is 1. The molecule has 5 nitrogen and oxygen atoms in total. The van der Waals surface area contributed by atoms with Gasteiger partial charge in [0.05, 0.1) is 28.4 Å². The second-order valence-corrected chi connectivity index (χ2v) is 10.8. The summed E-state index contributed by atoms with van der Waals surface area (Å²) >= 11 is 0. The maximum absolute atomic E-state index is 14.5. The smallest absolute Gasteiger partial charge is 0.416 e. The van der Waals surface area contributed by atoms with Gasteiger partial charge in [0.2, 0.25) is 0 Å². The molecule has 1 aromatic heterocycles. The molecule has 0 aliphatic heterocycles. The van der Waals surface area contributed by atoms with E-state index >= 15 is 0 Å². The normalized spacial score (nSPS) is 17.5. The summed E-state index contributed by atoms with van der Waals surface area (Å²) in [5.41, 5.74) is 1.21. The van der Waals surface area contributed by atoms with Gasteiger partial charge in [-0.1, -0.05) is 12.1 Å². The Labute approximate surface area is 193 Å². The van der Waals surface area contributed by atoms with Crippen molar-refractivity contribution >= 4 is 26.7 Å². The van der Waals surface area contributed by atoms with E-state index in [1.54, 1.807) is 11.5 Å². The topological polar surface area (TPSA) is 76.4 Å². The highest BCUT2D eigenvalue weighted by Crippen LogP contribution is 2.45. The largest absolute Gasteiger partial charge is 0.481 e. The maximum atomic E-state index is 14.5. The van der Waals surface area contributed by atoms with Crippen LogP contribution in [-0.2, 0) is 27.2 Å². The van der Waals surface area contributed by atoms with Gasteiger partial charge in [0.15, 0.2) is 9.84 Å². The number of sulfone groups is 1. The molecule has 4 rings (SSSR count). The van der Waals surface area contributed by atoms with E-state index in [2.05, 4.69) is 0 Å². The molecule has 34 heavy (non-hydrogen) atoms. The second kappa shape index (κ2) is 8.41. The number of fused-ring (bicyclic) bond motifs is 3. The summed E-state index contributed by atoms with van der Waals surface area (Å²) in [6.07, 6.45) is -2.01. The number of rotatable bonds is 5. The molecule has 3 aromatic rings. The second-order valence-electron chi connectivity index (χ2n) is 8.79. The van der Waals surface area contributed by atoms with Gasteiger partial charge in [-0.05, 0) is 61.6 Å². The van der Waals surface area contributed by atoms with Gasteiger partial charge >= 0.3 is 12.1 Å². The number of aryl methyl sites for hydroxylation is 1. The number of benzene rings is 2. The Morgan fingerprint density at radius 3 is 2.41 bits per heavy atom. The molecule has 0 saturated heterocycles. The van der Waals surface area contributed by atoms with Crippen molar-refractivity contribution in [3.8, 4) is 0 Å². The summed E-state index contributed by atoms with van der Waals surface area (Å²) in [6.45, 7) is 1.71. The van der Waals surface area contributed by atoms with E-state index < -0.39 is 45.3 Å². The Morgan fingerprint density at radius 1 is 1.21 bits per heavy atom. The number of aliphatic carboxylic acids is 1. The van der Waals surface area contributed by atoms with Gasteiger partial charge < -0.3 is 9.67 Å². The molecule has 0 bridgehead atoms. The van der Waals surface area contributed by atoms with Crippen LogP contribution in [0.3, 0.4) is 0 Å². The van der Waals surface area contributed by atoms with Crippen LogP contribution >= 0.6 is 0 Å². The van der Waals surface area contributed by atoms with Crippen molar-refractivity contribution in [2.24, 2.45) is 0 Å². The minimum absolute atomic E-state index is 0.195. The van der Waals surface area contributed by atoms with Crippen LogP contribution in [0.25, 0.3) is 10.9 Å². The summed E-state index contributed by atoms with van der Waals surface area (Å²) in [5.74, 6) is -2.19. The fraction of sp³-hybridized carbons (Fsp3) is 0.375. The molecule has 1 unspecified atom stereocenters. The lowest BCUT2D eigenvalue weighted by molar-refractivity contribution is -0.138. The molecule has 10 heteroatoms. The van der Waals surface area contributed by atoms with Crippen LogP contribution in [0.15, 0.2) is 41.3 Å². The number of nitrogens with zero attached hydrogens (tertiary/aromatic N) is 1. The Morgan fingerprint density at radius 2 is 1.85 bits per heavy atom. The fourth-order valence-corrected chi connectivity index (χ4v) is 5.90. The first-order chi connectivity index (χ1) is 15.8. The number of hydrogen-bond acceptors (Lipinski definition) is 3. The molecule has 0 spiro atoms. The average Bonchev–Trinajstić information content (AvgIpc) is 3.06. The lowest BCUT2D eigenvalue weighted by Gasteiger charge is -2.28. The molecule has 0 radical (unpaired) electrons. The molecule has 1 aliphatic rings. The Hall–Kier alpha value is -2.88. The van der Waals surface area contributed by atoms with Crippen LogP contribution in [0.4, 0.5) is 17.6 Å². The van der Waals surface area contributed by atoms with Crippen molar-refractivity contribution in [3.05, 3.63) is 64.6 Å². The highest BCUT2D eigenvalue weighted by Gasteiger charge is 2.34. The molecule has 0 fully saturated rings. The molecule has 1 aliphatic carbocycles. The standard InChI is InChI=1S/C24H23F4NO4S/c1-13(14-6-8-16(9-7-14)24(26,27)28)29-22-15(10-21(30)31)4-3-5-18(22)19-11-17(25)12-20(23(19)29)34(2,32)33/h6-9,11-13,15H,3-5,10H2,1-2H3,(H,30,31)/t13?,15-/m1/s1. The van der Waals surface area contributed by atoms with Crippen molar-refractivity contribution in [3.63, 3.8) is 0 Å². The van der Waals surface area contributed by atoms with Gasteiger partial charge in [-0.15, -0.1) is 0 Å². The highest BCUT2D eigenvalue weighted by molar-refractivity contribution is 7.91. The predicted octanol–water partition coefficient (Wildman–Crippen LogP) is 5.71. The first kappa shape index (κ1) is 24.3. The van der Waals surface area contributed by atoms with Crippen LogP contribution < -0.4 is 0 Å². The predicted molar refractivity (Wildman–Crippen MR) is 118 cm³/mol. The number of halogens is 4. The van der Waals surface area contributed by atoms with E-state index in [0.717, 1.165) is 24.5 Å². The average molecular weight is 498 g/mol. The van der Waals surface area contributed by atoms with Crippen LogP contribution in [0.2, 0.25) is 0 Å². The monoisotopic (exact) mass is 497 g/mol. The number of carboxylic acid groups (broad SMARTS) is 1. The van der Waals surface area contributed by atoms with E-state index in [-0.39, 0.29) is 16.8 Å². The minimum atomic E-state index is -4.51. The van der Waals surface area contributed by atoms with Gasteiger partial charge in [0.25, 0.3) is 0 Å². The van der Waals surface area contributed by atoms with Gasteiger partial charge in [-0.3, -0.25) is 4.79 Å². The Bertz CT molecular complexity index is 1370. The van der Waals surface area contributed by atoms with Crippen LogP contribution in [0, 0.1) is 5.82 Å². The summed E-state index contributed by atoms with van der Waals surface area (Å²) in [6, 6.07) is 6.11. The lowest BCUT2D eigenvalue weighted by Crippen LogP contribution is -2.20. The van der Waals surface area contributed by atoms with E-state index in [0.29, 0.717) is 41.5 Å². The maximum Gasteiger partial charge on any atom is 0.416 e. The van der Waals surface area contributed by atoms with Gasteiger partial charge in [-0.25, -0.2) is 12.8 Å². The van der Waals surface area contributed by atoms with Gasteiger partial charge in [0, 0.05) is 23.3 Å². The zero-order valence-electron chi connectivity index (χ0n) is 18.5. The lowest BCUT2D eigenvalue weighted by atomic mass is 9.84. The van der Waals surface area contributed by atoms with E-state index in [4.69, 9.17) is 0 Å². The Kier molecular flexibility index (Phi) is 6.00. The molecule has 1 N–H and O–H groups in total. The van der Waals surface area contributed by atoms with Crippen molar-refractivity contribution < 1.29 is 35.9 Å². The van der Waals surface area contributed by atoms with Gasteiger partial charge in [-0.2, -0.15) is 13.2 Å². The summed E-state index contributed by atoms with van der Waals surface area (Å²) in [7, 11) is -3.88. The highest BCUT2D eigenvalue weighted by atomic mass is 32.2. The summed E-state index contributed by atoms with van der Waals surface area (Å²) in [5, 5.41) is 9.87. The molecular formula is C24H23F4NO4S. The van der Waals surface area contributed by atoms with Crippen LogP contribution in [-0.4, -0.2) is 30.3 Å². The van der Waals surface area contributed by atoms with Crippen molar-refractivity contribution in [2.75, 3.05) is 6.26 Å². The van der Waals surface area contributed by atoms with E-state index in [1.165, 1.54) is 18.2 Å². The van der Waals surface area contributed by atoms with Crippen molar-refractivity contribution in [2.45, 2.75) is 55.6 Å². The third-order valence-electron chi connectivity index (χ3n) is 6.47. The van der Waals surface area contributed by atoms with Gasteiger partial charge in [0.1, 0.15) is 5.82 Å². The van der Waals surface area contributed by atoms with E-state index in [1.807, 2.05) is 0 Å². The third kappa shape index (κ3) is 4.31. The SMILES string of the molecule is CC(c1ccc(C(F)(F)F)cc1)n1c2c(c3cc(F)cc(S(C)(=O)=O)c31)CCC[C@@H]2CC(=O)O. The number of hydrogen-bond donors (Lipinski definition) is 1. The Balaban J connectivity index is 2.04. The molecular weight excluding hydrogens is 474 g/mol. The number of alkyl halides is 3. The first-order valence-electron chi connectivity index (χ1n) is 10.7. The molecule has 2 atom stereocenters. The third-order valence-corrected chi connectivity index (χ3v) is 7.58. The molecule has 2 aromatic carbocycles. The van der Waals surface area contributed by atoms with Crippen LogP contribution in [0.5, 0.6) is 0 Å². The summed E-state index contributed by atoms with van der Waals surface area (Å²) in [4.78, 5) is 11.4. The van der Waals surface area contributed by atoms with Crippen molar-refractivity contribution in [1.29, 1.82) is 0 Å². The zero-order valence-corrected chi connectivity index (χ0v) is 19.3. The molecule has 1 heterocycles. The molecule has 182 valence electrons. The minimum Gasteiger partial charge on any atom is -0.481 e. The van der Waals surface area contributed by atoms with E-state index in [9.17, 15) is 35.9 Å². The van der Waals surface area contributed by atoms with Crippen LogP contribution in [0.1, 0.15) is 60.5 Å². The summed E-state index contributed by atoms with van der Waals surface area (Å²) < 4.78 is 80.7. The zero-order chi connectivity index (χ0) is 25.0. The first-order valence-corrected chi connectivity index (χ1v) is 12.6. The number of carbonyl (C=O) groups is 1. The number of aromatic nitrogens is 1. The molecule has 0 amide bonds. The molecule has 0 saturated carbocycles.